The maximum absolute atomic E-state index is 11.9. The third kappa shape index (κ3) is 3.52. The number of benzene rings is 1. The highest BCUT2D eigenvalue weighted by Crippen LogP contribution is 2.24. The Morgan fingerprint density at radius 3 is 2.61 bits per heavy atom. The predicted molar refractivity (Wildman–Crippen MR) is 89.0 cm³/mol. The molecule has 3 rings (SSSR count). The van der Waals surface area contributed by atoms with E-state index in [0.29, 0.717) is 18.3 Å². The first-order valence-electron chi connectivity index (χ1n) is 8.02. The molecule has 0 amide bonds. The molecule has 4 nitrogen and oxygen atoms in total. The van der Waals surface area contributed by atoms with Crippen molar-refractivity contribution in [3.05, 3.63) is 57.5 Å². The van der Waals surface area contributed by atoms with E-state index in [4.69, 9.17) is 4.74 Å². The largest absolute Gasteiger partial charge is 0.374 e. The van der Waals surface area contributed by atoms with Crippen LogP contribution in [0.5, 0.6) is 0 Å². The summed E-state index contributed by atoms with van der Waals surface area (Å²) in [5, 5.41) is 9.22. The maximum Gasteiger partial charge on any atom is 0.266 e. The van der Waals surface area contributed by atoms with Crippen molar-refractivity contribution < 1.29 is 4.74 Å². The fourth-order valence-electron chi connectivity index (χ4n) is 3.08. The van der Waals surface area contributed by atoms with Gasteiger partial charge in [0.2, 0.25) is 0 Å². The number of nitrogens with zero attached hydrogens (tertiary/aromatic N) is 1. The zero-order valence-corrected chi connectivity index (χ0v) is 13.3. The first-order valence-corrected chi connectivity index (χ1v) is 8.02. The summed E-state index contributed by atoms with van der Waals surface area (Å²) >= 11 is 0. The summed E-state index contributed by atoms with van der Waals surface area (Å²) in [6, 6.07) is 11.7. The van der Waals surface area contributed by atoms with E-state index in [2.05, 4.69) is 4.98 Å². The van der Waals surface area contributed by atoms with Gasteiger partial charge in [0.25, 0.3) is 5.56 Å². The van der Waals surface area contributed by atoms with Gasteiger partial charge >= 0.3 is 0 Å². The molecule has 2 aromatic rings. The van der Waals surface area contributed by atoms with Crippen LogP contribution in [0.2, 0.25) is 0 Å². The van der Waals surface area contributed by atoms with Gasteiger partial charge in [0.15, 0.2) is 0 Å². The number of hydrogen-bond acceptors (Lipinski definition) is 3. The van der Waals surface area contributed by atoms with Gasteiger partial charge in [-0.25, -0.2) is 0 Å². The van der Waals surface area contributed by atoms with Crippen LogP contribution in [-0.4, -0.2) is 11.1 Å². The topological polar surface area (TPSA) is 65.9 Å². The van der Waals surface area contributed by atoms with E-state index in [0.717, 1.165) is 29.7 Å². The first-order chi connectivity index (χ1) is 11.2. The third-order valence-electron chi connectivity index (χ3n) is 4.33. The molecule has 1 fully saturated rings. The van der Waals surface area contributed by atoms with Crippen molar-refractivity contribution in [2.45, 2.75) is 45.3 Å². The second-order valence-corrected chi connectivity index (χ2v) is 6.10. The molecule has 1 N–H and O–H groups in total. The van der Waals surface area contributed by atoms with E-state index in [1.54, 1.807) is 0 Å². The van der Waals surface area contributed by atoms with Gasteiger partial charge in [-0.05, 0) is 37.0 Å². The Bertz CT molecular complexity index is 778. The lowest BCUT2D eigenvalue weighted by molar-refractivity contribution is 0.0457. The molecule has 0 aliphatic heterocycles. The summed E-state index contributed by atoms with van der Waals surface area (Å²) in [5.74, 6) is 0. The van der Waals surface area contributed by atoms with Crippen LogP contribution in [0.1, 0.15) is 42.5 Å². The van der Waals surface area contributed by atoms with Crippen molar-refractivity contribution in [2.75, 3.05) is 0 Å². The second-order valence-electron chi connectivity index (χ2n) is 6.10. The van der Waals surface area contributed by atoms with Crippen molar-refractivity contribution in [1.82, 2.24) is 4.98 Å². The Hall–Kier alpha value is -2.38. The summed E-state index contributed by atoms with van der Waals surface area (Å²) in [5.41, 5.74) is 3.23. The van der Waals surface area contributed by atoms with E-state index in [-0.39, 0.29) is 11.1 Å². The zero-order chi connectivity index (χ0) is 16.2. The third-order valence-corrected chi connectivity index (χ3v) is 4.33. The Morgan fingerprint density at radius 1 is 1.26 bits per heavy atom. The highest BCUT2D eigenvalue weighted by molar-refractivity contribution is 5.70. The molecule has 0 atom stereocenters. The van der Waals surface area contributed by atoms with Crippen LogP contribution < -0.4 is 5.56 Å². The summed E-state index contributed by atoms with van der Waals surface area (Å²) in [6.07, 6.45) is 5.26. The number of pyridine rings is 1. The molecule has 1 heterocycles. The number of nitrogens with one attached hydrogen (secondary N) is 1. The molecule has 23 heavy (non-hydrogen) atoms. The smallest absolute Gasteiger partial charge is 0.266 e. The SMILES string of the molecule is Cc1cc(-c2ccc(COC3CCCC3)cc2)c(C#N)c(=O)[nH]1. The molecule has 1 aromatic carbocycles. The van der Waals surface area contributed by atoms with Crippen LogP contribution in [0.15, 0.2) is 35.1 Å². The van der Waals surface area contributed by atoms with E-state index in [1.165, 1.54) is 12.8 Å². The molecule has 1 aliphatic rings. The molecule has 0 saturated heterocycles. The van der Waals surface area contributed by atoms with Crippen LogP contribution in [0.3, 0.4) is 0 Å². The summed E-state index contributed by atoms with van der Waals surface area (Å²) in [4.78, 5) is 14.5. The van der Waals surface area contributed by atoms with Gasteiger partial charge in [-0.2, -0.15) is 5.26 Å². The van der Waals surface area contributed by atoms with Crippen molar-refractivity contribution in [1.29, 1.82) is 5.26 Å². The molecule has 0 unspecified atom stereocenters. The van der Waals surface area contributed by atoms with Gasteiger partial charge in [-0.1, -0.05) is 37.1 Å². The van der Waals surface area contributed by atoms with Gasteiger partial charge in [-0.3, -0.25) is 4.79 Å². The number of hydrogen-bond donors (Lipinski definition) is 1. The lowest BCUT2D eigenvalue weighted by Crippen LogP contribution is -2.12. The molecule has 0 radical (unpaired) electrons. The quantitative estimate of drug-likeness (QED) is 0.937. The molecule has 0 bridgehead atoms. The summed E-state index contributed by atoms with van der Waals surface area (Å²) in [6.45, 7) is 2.43. The van der Waals surface area contributed by atoms with Crippen molar-refractivity contribution >= 4 is 0 Å². The zero-order valence-electron chi connectivity index (χ0n) is 13.3. The van der Waals surface area contributed by atoms with E-state index >= 15 is 0 Å². The molecule has 1 aliphatic carbocycles. The van der Waals surface area contributed by atoms with Crippen LogP contribution >= 0.6 is 0 Å². The van der Waals surface area contributed by atoms with Gasteiger partial charge in [0.1, 0.15) is 11.6 Å². The molecule has 1 aromatic heterocycles. The summed E-state index contributed by atoms with van der Waals surface area (Å²) in [7, 11) is 0. The highest BCUT2D eigenvalue weighted by Gasteiger charge is 2.15. The summed E-state index contributed by atoms with van der Waals surface area (Å²) < 4.78 is 5.91. The van der Waals surface area contributed by atoms with Crippen molar-refractivity contribution in [3.8, 4) is 17.2 Å². The fourth-order valence-corrected chi connectivity index (χ4v) is 3.08. The fraction of sp³-hybridized carbons (Fsp3) is 0.368. The van der Waals surface area contributed by atoms with E-state index in [9.17, 15) is 10.1 Å². The maximum atomic E-state index is 11.9. The van der Waals surface area contributed by atoms with E-state index in [1.807, 2.05) is 43.3 Å². The molecule has 118 valence electrons. The second kappa shape index (κ2) is 6.80. The van der Waals surface area contributed by atoms with E-state index < -0.39 is 0 Å². The van der Waals surface area contributed by atoms with Gasteiger partial charge in [0.05, 0.1) is 12.7 Å². The molecule has 1 saturated carbocycles. The van der Waals surface area contributed by atoms with Crippen LogP contribution in [-0.2, 0) is 11.3 Å². The van der Waals surface area contributed by atoms with Gasteiger partial charge < -0.3 is 9.72 Å². The Kier molecular flexibility index (Phi) is 4.59. The molecule has 0 spiro atoms. The van der Waals surface area contributed by atoms with Crippen LogP contribution in [0.4, 0.5) is 0 Å². The Labute approximate surface area is 135 Å². The number of nitriles is 1. The lowest BCUT2D eigenvalue weighted by Gasteiger charge is -2.11. The Balaban J connectivity index is 1.79. The van der Waals surface area contributed by atoms with Gasteiger partial charge in [0, 0.05) is 11.3 Å². The lowest BCUT2D eigenvalue weighted by atomic mass is 10.00. The van der Waals surface area contributed by atoms with Crippen LogP contribution in [0.25, 0.3) is 11.1 Å². The number of aryl methyl sites for hydroxylation is 1. The number of aromatic amines is 1. The predicted octanol–water partition coefficient (Wildman–Crippen LogP) is 3.68. The first kappa shape index (κ1) is 15.5. The number of H-pyrrole nitrogens is 1. The number of ether oxygens (including phenoxy) is 1. The normalized spacial score (nSPS) is 14.8. The molecule has 4 heteroatoms. The number of rotatable bonds is 4. The monoisotopic (exact) mass is 308 g/mol. The van der Waals surface area contributed by atoms with Crippen molar-refractivity contribution in [3.63, 3.8) is 0 Å². The number of aromatic nitrogens is 1. The molecular weight excluding hydrogens is 288 g/mol. The highest BCUT2D eigenvalue weighted by atomic mass is 16.5. The van der Waals surface area contributed by atoms with Gasteiger partial charge in [-0.15, -0.1) is 0 Å². The van der Waals surface area contributed by atoms with Crippen molar-refractivity contribution in [2.24, 2.45) is 0 Å². The Morgan fingerprint density at radius 2 is 1.96 bits per heavy atom. The molecular formula is C19H20N2O2. The van der Waals surface area contributed by atoms with Crippen LogP contribution in [0, 0.1) is 18.3 Å². The minimum absolute atomic E-state index is 0.158. The average Bonchev–Trinajstić information content (AvgIpc) is 3.06. The average molecular weight is 308 g/mol. The minimum Gasteiger partial charge on any atom is -0.374 e. The standard InChI is InChI=1S/C19H20N2O2/c1-13-10-17(18(11-20)19(22)21-13)15-8-6-14(7-9-15)12-23-16-4-2-3-5-16/h6-10,16H,2-5,12H2,1H3,(H,21,22). The minimum atomic E-state index is -0.337.